The van der Waals surface area contributed by atoms with E-state index in [9.17, 15) is 0 Å². The summed E-state index contributed by atoms with van der Waals surface area (Å²) in [6.07, 6.45) is 2.19. The summed E-state index contributed by atoms with van der Waals surface area (Å²) in [5.41, 5.74) is 2.72. The van der Waals surface area contributed by atoms with Gasteiger partial charge in [-0.15, -0.1) is 0 Å². The normalized spacial score (nSPS) is 22.4. The van der Waals surface area contributed by atoms with Crippen molar-refractivity contribution in [2.45, 2.75) is 12.1 Å². The van der Waals surface area contributed by atoms with E-state index in [1.165, 1.54) is 11.1 Å². The summed E-state index contributed by atoms with van der Waals surface area (Å²) in [5, 5.41) is 0. The van der Waals surface area contributed by atoms with Crippen molar-refractivity contribution in [1.82, 2.24) is 4.90 Å². The summed E-state index contributed by atoms with van der Waals surface area (Å²) < 4.78 is 2.30. The molecule has 96 valence electrons. The van der Waals surface area contributed by atoms with Crippen molar-refractivity contribution < 1.29 is 4.58 Å². The largest absolute Gasteiger partial charge is 0.259 e. The second kappa shape index (κ2) is 4.88. The van der Waals surface area contributed by atoms with Gasteiger partial charge in [-0.2, -0.15) is 0 Å². The minimum Gasteiger partial charge on any atom is -0.259 e. The summed E-state index contributed by atoms with van der Waals surface area (Å²) in [5.74, 6) is 0. The molecule has 2 atom stereocenters. The van der Waals surface area contributed by atoms with Gasteiger partial charge in [0.05, 0.1) is 14.1 Å². The van der Waals surface area contributed by atoms with Crippen molar-refractivity contribution in [2.24, 2.45) is 0 Å². The highest BCUT2D eigenvalue weighted by molar-refractivity contribution is 5.53. The molecule has 0 N–H and O–H groups in total. The molecule has 0 bridgehead atoms. The molecule has 0 aliphatic carbocycles. The average molecular weight is 251 g/mol. The van der Waals surface area contributed by atoms with Crippen LogP contribution in [0.4, 0.5) is 0 Å². The predicted octanol–water partition coefficient (Wildman–Crippen LogP) is 3.09. The molecule has 2 aromatic rings. The number of benzene rings is 2. The first-order valence-electron chi connectivity index (χ1n) is 6.66. The lowest BCUT2D eigenvalue weighted by atomic mass is 9.93. The van der Waals surface area contributed by atoms with Crippen LogP contribution in [0, 0.1) is 0 Å². The van der Waals surface area contributed by atoms with Crippen LogP contribution in [0.5, 0.6) is 0 Å². The third-order valence-corrected chi connectivity index (χ3v) is 3.82. The topological polar surface area (TPSA) is 6.25 Å². The molecular formula is C17H19N2+. The van der Waals surface area contributed by atoms with Gasteiger partial charge in [0.25, 0.3) is 0 Å². The van der Waals surface area contributed by atoms with Gasteiger partial charge >= 0.3 is 0 Å². The predicted molar refractivity (Wildman–Crippen MR) is 78.4 cm³/mol. The Bertz CT molecular complexity index is 575. The molecule has 2 nitrogen and oxygen atoms in total. The van der Waals surface area contributed by atoms with Crippen molar-refractivity contribution >= 4 is 6.34 Å². The third kappa shape index (κ3) is 2.14. The molecule has 0 saturated carbocycles. The fourth-order valence-corrected chi connectivity index (χ4v) is 3.01. The van der Waals surface area contributed by atoms with Crippen LogP contribution in [0.15, 0.2) is 60.7 Å². The van der Waals surface area contributed by atoms with E-state index in [2.05, 4.69) is 90.6 Å². The fraction of sp³-hybridized carbons (Fsp3) is 0.235. The van der Waals surface area contributed by atoms with Crippen LogP contribution in [0.2, 0.25) is 0 Å². The second-order valence-corrected chi connectivity index (χ2v) is 5.16. The number of likely N-dealkylation sites (N-methyl/N-ethyl adjacent to an activating group) is 2. The van der Waals surface area contributed by atoms with E-state index < -0.39 is 0 Å². The Hall–Kier alpha value is -2.09. The Morgan fingerprint density at radius 1 is 0.842 bits per heavy atom. The Kier molecular flexibility index (Phi) is 3.08. The summed E-state index contributed by atoms with van der Waals surface area (Å²) in [6, 6.07) is 22.2. The Balaban J connectivity index is 2.03. The number of rotatable bonds is 2. The summed E-state index contributed by atoms with van der Waals surface area (Å²) >= 11 is 0. The second-order valence-electron chi connectivity index (χ2n) is 5.16. The van der Waals surface area contributed by atoms with E-state index in [4.69, 9.17) is 0 Å². The van der Waals surface area contributed by atoms with Crippen LogP contribution in [-0.2, 0) is 0 Å². The maximum atomic E-state index is 2.30. The average Bonchev–Trinajstić information content (AvgIpc) is 2.75. The van der Waals surface area contributed by atoms with E-state index in [0.717, 1.165) is 0 Å². The first-order valence-corrected chi connectivity index (χ1v) is 6.66. The van der Waals surface area contributed by atoms with Crippen LogP contribution in [0.25, 0.3) is 0 Å². The number of hydrogen-bond acceptors (Lipinski definition) is 1. The highest BCUT2D eigenvalue weighted by atomic mass is 15.3. The number of hydrogen-bond donors (Lipinski definition) is 0. The van der Waals surface area contributed by atoms with Gasteiger partial charge in [-0.1, -0.05) is 60.7 Å². The van der Waals surface area contributed by atoms with Gasteiger partial charge in [-0.25, -0.2) is 0 Å². The Labute approximate surface area is 114 Å². The van der Waals surface area contributed by atoms with E-state index >= 15 is 0 Å². The molecule has 1 aliphatic heterocycles. The third-order valence-electron chi connectivity index (χ3n) is 3.82. The monoisotopic (exact) mass is 251 g/mol. The minimum atomic E-state index is 0.369. The molecule has 2 heteroatoms. The van der Waals surface area contributed by atoms with Crippen molar-refractivity contribution in [2.75, 3.05) is 14.1 Å². The minimum absolute atomic E-state index is 0.369. The summed E-state index contributed by atoms with van der Waals surface area (Å²) in [7, 11) is 4.30. The maximum Gasteiger partial charge on any atom is 0.235 e. The van der Waals surface area contributed by atoms with Gasteiger partial charge in [0.2, 0.25) is 6.34 Å². The standard InChI is InChI=1S/C17H19N2/c1-18-13-19(2)17(15-11-7-4-8-12-15)16(18)14-9-5-3-6-10-14/h3-13,16-17H,1-2H3/q+1/t16-,17-/m0/s1. The highest BCUT2D eigenvalue weighted by Crippen LogP contribution is 2.37. The molecule has 0 spiro atoms. The van der Waals surface area contributed by atoms with E-state index in [-0.39, 0.29) is 0 Å². The first-order chi connectivity index (χ1) is 9.27. The van der Waals surface area contributed by atoms with Gasteiger partial charge in [0.15, 0.2) is 12.1 Å². The number of nitrogens with zero attached hydrogens (tertiary/aromatic N) is 2. The van der Waals surface area contributed by atoms with E-state index in [1.807, 2.05) is 0 Å². The van der Waals surface area contributed by atoms with Crippen molar-refractivity contribution in [3.8, 4) is 0 Å². The van der Waals surface area contributed by atoms with Gasteiger partial charge in [-0.05, 0) is 0 Å². The first kappa shape index (κ1) is 12.0. The molecule has 3 rings (SSSR count). The van der Waals surface area contributed by atoms with Gasteiger partial charge in [0.1, 0.15) is 0 Å². The van der Waals surface area contributed by atoms with Gasteiger partial charge < -0.3 is 0 Å². The molecule has 19 heavy (non-hydrogen) atoms. The van der Waals surface area contributed by atoms with Crippen LogP contribution in [0.1, 0.15) is 23.2 Å². The lowest BCUT2D eigenvalue weighted by Gasteiger charge is -2.21. The maximum absolute atomic E-state index is 2.30. The lowest BCUT2D eigenvalue weighted by Crippen LogP contribution is -2.22. The highest BCUT2D eigenvalue weighted by Gasteiger charge is 2.40. The molecule has 0 radical (unpaired) electrons. The SMILES string of the molecule is CN1C=[N+](C)[C@@H](c2ccccc2)[C@@H]1c1ccccc1. The zero-order chi connectivity index (χ0) is 13.2. The van der Waals surface area contributed by atoms with Gasteiger partial charge in [0, 0.05) is 11.1 Å². The molecule has 2 aromatic carbocycles. The fourth-order valence-electron chi connectivity index (χ4n) is 3.01. The lowest BCUT2D eigenvalue weighted by molar-refractivity contribution is -0.534. The van der Waals surface area contributed by atoms with Crippen molar-refractivity contribution in [3.05, 3.63) is 71.8 Å². The molecule has 0 saturated heterocycles. The molecule has 0 aromatic heterocycles. The molecular weight excluding hydrogens is 232 g/mol. The van der Waals surface area contributed by atoms with Gasteiger partial charge in [-0.3, -0.25) is 9.48 Å². The van der Waals surface area contributed by atoms with Crippen LogP contribution >= 0.6 is 0 Å². The van der Waals surface area contributed by atoms with Crippen molar-refractivity contribution in [3.63, 3.8) is 0 Å². The molecule has 1 heterocycles. The molecule has 0 amide bonds. The molecule has 1 aliphatic rings. The Morgan fingerprint density at radius 3 is 1.95 bits per heavy atom. The van der Waals surface area contributed by atoms with E-state index in [1.54, 1.807) is 0 Å². The molecule has 0 unspecified atom stereocenters. The zero-order valence-corrected chi connectivity index (χ0v) is 11.4. The quantitative estimate of drug-likeness (QED) is 0.743. The Morgan fingerprint density at radius 2 is 1.37 bits per heavy atom. The van der Waals surface area contributed by atoms with Crippen LogP contribution in [-0.4, -0.2) is 29.9 Å². The zero-order valence-electron chi connectivity index (χ0n) is 11.4. The van der Waals surface area contributed by atoms with E-state index in [0.29, 0.717) is 12.1 Å². The van der Waals surface area contributed by atoms with Crippen molar-refractivity contribution in [1.29, 1.82) is 0 Å². The van der Waals surface area contributed by atoms with Crippen LogP contribution in [0.3, 0.4) is 0 Å². The summed E-state index contributed by atoms with van der Waals surface area (Å²) in [4.78, 5) is 2.30. The molecule has 0 fully saturated rings. The van der Waals surface area contributed by atoms with Crippen LogP contribution < -0.4 is 0 Å². The summed E-state index contributed by atoms with van der Waals surface area (Å²) in [6.45, 7) is 0. The smallest absolute Gasteiger partial charge is 0.235 e.